The van der Waals surface area contributed by atoms with Crippen molar-refractivity contribution in [2.45, 2.75) is 38.8 Å². The summed E-state index contributed by atoms with van der Waals surface area (Å²) in [5.74, 6) is 0.389. The summed E-state index contributed by atoms with van der Waals surface area (Å²) >= 11 is 0. The van der Waals surface area contributed by atoms with Gasteiger partial charge in [-0.05, 0) is 45.9 Å². The van der Waals surface area contributed by atoms with Gasteiger partial charge in [-0.3, -0.25) is 14.2 Å². The van der Waals surface area contributed by atoms with Crippen LogP contribution in [-0.4, -0.2) is 32.5 Å². The normalized spacial score (nSPS) is 16.2. The van der Waals surface area contributed by atoms with Crippen molar-refractivity contribution in [3.05, 3.63) is 45.9 Å². The third-order valence-electron chi connectivity index (χ3n) is 5.09. The van der Waals surface area contributed by atoms with Crippen LogP contribution in [0.2, 0.25) is 0 Å². The number of nitrogens with two attached hydrogens (primary N) is 1. The van der Waals surface area contributed by atoms with E-state index in [0.717, 1.165) is 17.0 Å². The van der Waals surface area contributed by atoms with Gasteiger partial charge in [0.2, 0.25) is 5.95 Å². The molecule has 1 aromatic carbocycles. The summed E-state index contributed by atoms with van der Waals surface area (Å²) in [6.07, 6.45) is 0.659. The summed E-state index contributed by atoms with van der Waals surface area (Å²) in [6, 6.07) is 7.22. The Bertz CT molecular complexity index is 1170. The van der Waals surface area contributed by atoms with E-state index in [0.29, 0.717) is 35.4 Å². The number of anilines is 1. The number of para-hydroxylation sites is 1. The smallest absolute Gasteiger partial charge is 0.262 e. The van der Waals surface area contributed by atoms with Gasteiger partial charge in [0.25, 0.3) is 11.5 Å². The van der Waals surface area contributed by atoms with Crippen LogP contribution in [0.15, 0.2) is 29.1 Å². The van der Waals surface area contributed by atoms with E-state index in [1.54, 1.807) is 13.1 Å². The maximum absolute atomic E-state index is 12.9. The minimum atomic E-state index is -0.249. The zero-order valence-corrected chi connectivity index (χ0v) is 17.1. The molecule has 1 aliphatic heterocycles. The number of nitrogens with one attached hydrogen (secondary N) is 3. The highest BCUT2D eigenvalue weighted by atomic mass is 16.2. The average molecular weight is 394 g/mol. The molecule has 5 N–H and O–H groups in total. The lowest BCUT2D eigenvalue weighted by molar-refractivity contribution is 0.0955. The van der Waals surface area contributed by atoms with Crippen LogP contribution in [0.3, 0.4) is 0 Å². The van der Waals surface area contributed by atoms with Gasteiger partial charge >= 0.3 is 0 Å². The molecule has 152 valence electrons. The predicted octanol–water partition coefficient (Wildman–Crippen LogP) is 2.27. The van der Waals surface area contributed by atoms with Crippen molar-refractivity contribution in [1.29, 1.82) is 0 Å². The van der Waals surface area contributed by atoms with Crippen molar-refractivity contribution in [2.75, 3.05) is 11.9 Å². The Morgan fingerprint density at radius 2 is 2.00 bits per heavy atom. The number of carbonyl (C=O) groups is 1. The second-order valence-corrected chi connectivity index (χ2v) is 8.49. The lowest BCUT2D eigenvalue weighted by Crippen LogP contribution is -2.32. The number of hydrogen-bond donors (Lipinski definition) is 4. The topological polar surface area (TPSA) is 118 Å². The quantitative estimate of drug-likeness (QED) is 0.541. The van der Waals surface area contributed by atoms with Gasteiger partial charge < -0.3 is 21.4 Å². The number of carbonyl (C=O) groups excluding carboxylic acids is 1. The van der Waals surface area contributed by atoms with E-state index >= 15 is 0 Å². The highest BCUT2D eigenvalue weighted by Crippen LogP contribution is 2.33. The maximum Gasteiger partial charge on any atom is 0.262 e. The van der Waals surface area contributed by atoms with Gasteiger partial charge in [0.15, 0.2) is 0 Å². The number of aromatic amines is 1. The molecule has 0 saturated carbocycles. The van der Waals surface area contributed by atoms with Crippen molar-refractivity contribution in [3.63, 3.8) is 0 Å². The summed E-state index contributed by atoms with van der Waals surface area (Å²) < 4.78 is 1.52. The number of rotatable bonds is 4. The molecule has 0 radical (unpaired) electrons. The molecule has 0 fully saturated rings. The van der Waals surface area contributed by atoms with Gasteiger partial charge in [0, 0.05) is 23.8 Å². The molecule has 1 unspecified atom stereocenters. The van der Waals surface area contributed by atoms with E-state index in [1.165, 1.54) is 4.57 Å². The van der Waals surface area contributed by atoms with E-state index in [9.17, 15) is 9.59 Å². The third kappa shape index (κ3) is 3.29. The van der Waals surface area contributed by atoms with Crippen molar-refractivity contribution in [3.8, 4) is 11.3 Å². The molecule has 3 aromatic rings. The number of aromatic nitrogens is 3. The van der Waals surface area contributed by atoms with Crippen LogP contribution in [0.4, 0.5) is 5.95 Å². The number of nitrogens with zero attached hydrogens (tertiary/aromatic N) is 2. The maximum atomic E-state index is 12.9. The van der Waals surface area contributed by atoms with Crippen molar-refractivity contribution >= 4 is 22.8 Å². The van der Waals surface area contributed by atoms with Crippen LogP contribution in [-0.2, 0) is 7.05 Å². The second-order valence-electron chi connectivity index (χ2n) is 8.49. The highest BCUT2D eigenvalue weighted by molar-refractivity contribution is 6.01. The largest absolute Gasteiger partial charge is 0.356 e. The zero-order chi connectivity index (χ0) is 20.9. The van der Waals surface area contributed by atoms with Gasteiger partial charge in [0.05, 0.1) is 28.2 Å². The van der Waals surface area contributed by atoms with E-state index in [2.05, 4.69) is 15.6 Å². The third-order valence-corrected chi connectivity index (χ3v) is 5.09. The number of hydrogen-bond acceptors (Lipinski definition) is 5. The first-order valence-corrected chi connectivity index (χ1v) is 9.72. The van der Waals surface area contributed by atoms with Crippen molar-refractivity contribution in [2.24, 2.45) is 12.8 Å². The van der Waals surface area contributed by atoms with E-state index in [-0.39, 0.29) is 23.0 Å². The minimum absolute atomic E-state index is 0.111. The summed E-state index contributed by atoms with van der Waals surface area (Å²) in [4.78, 5) is 33.4. The first-order valence-electron chi connectivity index (χ1n) is 9.72. The molecule has 4 rings (SSSR count). The van der Waals surface area contributed by atoms with Crippen LogP contribution in [0, 0.1) is 0 Å². The van der Waals surface area contributed by atoms with Gasteiger partial charge in [0.1, 0.15) is 0 Å². The van der Waals surface area contributed by atoms with E-state index in [1.807, 2.05) is 39.0 Å². The molecule has 1 aliphatic rings. The van der Waals surface area contributed by atoms with E-state index in [4.69, 9.17) is 10.7 Å². The highest BCUT2D eigenvalue weighted by Gasteiger charge is 2.31. The van der Waals surface area contributed by atoms with Crippen molar-refractivity contribution < 1.29 is 4.79 Å². The molecule has 8 heteroatoms. The van der Waals surface area contributed by atoms with Gasteiger partial charge in [-0.1, -0.05) is 12.1 Å². The number of fused-ring (bicyclic) bond motifs is 2. The van der Waals surface area contributed by atoms with E-state index < -0.39 is 0 Å². The fraction of sp³-hybridized carbons (Fsp3) is 0.381. The fourth-order valence-corrected chi connectivity index (χ4v) is 3.73. The predicted molar refractivity (Wildman–Crippen MR) is 114 cm³/mol. The zero-order valence-electron chi connectivity index (χ0n) is 17.1. The monoisotopic (exact) mass is 394 g/mol. The van der Waals surface area contributed by atoms with Gasteiger partial charge in [-0.25, -0.2) is 4.98 Å². The lowest BCUT2D eigenvalue weighted by Gasteiger charge is -2.23. The molecule has 1 amide bonds. The number of H-pyrrole nitrogens is 1. The first-order chi connectivity index (χ1) is 13.7. The summed E-state index contributed by atoms with van der Waals surface area (Å²) in [7, 11) is 1.71. The molecular formula is C21H26N6O2. The van der Waals surface area contributed by atoms with Gasteiger partial charge in [-0.2, -0.15) is 0 Å². The molecular weight excluding hydrogens is 368 g/mol. The summed E-state index contributed by atoms with van der Waals surface area (Å²) in [5.41, 5.74) is 8.91. The molecule has 3 heterocycles. The molecule has 2 aromatic heterocycles. The Balaban J connectivity index is 1.90. The Morgan fingerprint density at radius 3 is 2.69 bits per heavy atom. The van der Waals surface area contributed by atoms with Crippen LogP contribution in [0.25, 0.3) is 22.2 Å². The Labute approximate surface area is 168 Å². The Hall–Kier alpha value is -3.13. The van der Waals surface area contributed by atoms with Crippen molar-refractivity contribution in [1.82, 2.24) is 19.9 Å². The molecule has 29 heavy (non-hydrogen) atoms. The summed E-state index contributed by atoms with van der Waals surface area (Å²) in [6.45, 7) is 6.52. The van der Waals surface area contributed by atoms with Crippen LogP contribution in [0.1, 0.15) is 49.3 Å². The lowest BCUT2D eigenvalue weighted by atomic mass is 10.1. The van der Waals surface area contributed by atoms with Gasteiger partial charge in [-0.15, -0.1) is 0 Å². The fourth-order valence-electron chi connectivity index (χ4n) is 3.73. The van der Waals surface area contributed by atoms with Crippen LogP contribution in [0.5, 0.6) is 0 Å². The standard InChI is InChI=1S/C21H26N6O2/c1-21(2,3)26-20-25-16-11(6-5-7-12(16)19(29)27(20)4)15-10-13-17(23-15)14(8-9-22)24-18(13)28/h5-7,10,14,23H,8-9,22H2,1-4H3,(H,24,28)(H,25,26). The Morgan fingerprint density at radius 1 is 1.24 bits per heavy atom. The SMILES string of the molecule is Cn1c(NC(C)(C)C)nc2c(-c3cc4c([nH]3)C(CCN)NC4=O)cccc2c1=O. The number of amides is 1. The molecule has 0 spiro atoms. The molecule has 0 saturated heterocycles. The second kappa shape index (κ2) is 6.73. The average Bonchev–Trinajstić information content (AvgIpc) is 3.20. The molecule has 1 atom stereocenters. The first kappa shape index (κ1) is 19.2. The van der Waals surface area contributed by atoms with Crippen LogP contribution >= 0.6 is 0 Å². The number of benzene rings is 1. The minimum Gasteiger partial charge on any atom is -0.356 e. The van der Waals surface area contributed by atoms with Crippen LogP contribution < -0.4 is 21.9 Å². The Kier molecular flexibility index (Phi) is 4.46. The molecule has 8 nitrogen and oxygen atoms in total. The molecule has 0 bridgehead atoms. The molecule has 0 aliphatic carbocycles. The summed E-state index contributed by atoms with van der Waals surface area (Å²) in [5, 5.41) is 6.76.